The molecule has 0 bridgehead atoms. The molecule has 2 aromatic heterocycles. The number of carbonyl (C=O) groups is 4. The number of rotatable bonds is 17. The van der Waals surface area contributed by atoms with Crippen LogP contribution in [0.25, 0.3) is 10.9 Å². The molecule has 46 heavy (non-hydrogen) atoms. The molecule has 4 unspecified atom stereocenters. The molecule has 0 aliphatic carbocycles. The number of unbranched alkanes of at least 4 members (excludes halogenated alkanes) is 1. The Hall–Kier alpha value is -5.21. The molecule has 4 rings (SSSR count). The number of nitrogens with zero attached hydrogens (tertiary/aromatic N) is 1. The molecule has 4 atom stereocenters. The second kappa shape index (κ2) is 16.2. The van der Waals surface area contributed by atoms with Crippen molar-refractivity contribution in [2.24, 2.45) is 11.5 Å². The number of aliphatic carboxylic acids is 1. The minimum atomic E-state index is -1.20. The number of nitrogens with one attached hydrogen (secondary N) is 5. The number of carboxylic acid groups (broad SMARTS) is 1. The van der Waals surface area contributed by atoms with Crippen LogP contribution in [0.3, 0.4) is 0 Å². The molecule has 244 valence electrons. The van der Waals surface area contributed by atoms with Gasteiger partial charge >= 0.3 is 5.97 Å². The van der Waals surface area contributed by atoms with Crippen LogP contribution in [0.2, 0.25) is 0 Å². The van der Waals surface area contributed by atoms with Crippen molar-refractivity contribution in [2.45, 2.75) is 62.7 Å². The van der Waals surface area contributed by atoms with Crippen molar-refractivity contribution in [1.29, 1.82) is 0 Å². The van der Waals surface area contributed by atoms with Crippen LogP contribution in [-0.4, -0.2) is 79.6 Å². The number of aromatic amines is 2. The lowest BCUT2D eigenvalue weighted by molar-refractivity contribution is -0.142. The van der Waals surface area contributed by atoms with E-state index in [0.29, 0.717) is 30.6 Å². The van der Waals surface area contributed by atoms with Crippen molar-refractivity contribution in [2.75, 3.05) is 6.54 Å². The quantitative estimate of drug-likeness (QED) is 0.0740. The molecule has 11 N–H and O–H groups in total. The molecular formula is C32H40N8O6. The van der Waals surface area contributed by atoms with Crippen LogP contribution >= 0.6 is 0 Å². The second-order valence-electron chi connectivity index (χ2n) is 11.1. The zero-order chi connectivity index (χ0) is 33.1. The van der Waals surface area contributed by atoms with Crippen LogP contribution in [0.5, 0.6) is 5.75 Å². The molecular weight excluding hydrogens is 592 g/mol. The second-order valence-corrected chi connectivity index (χ2v) is 11.1. The molecule has 14 heteroatoms. The van der Waals surface area contributed by atoms with Gasteiger partial charge in [0.1, 0.15) is 23.9 Å². The van der Waals surface area contributed by atoms with Gasteiger partial charge in [0.25, 0.3) is 0 Å². The van der Waals surface area contributed by atoms with Crippen molar-refractivity contribution in [3.05, 3.63) is 84.1 Å². The summed E-state index contributed by atoms with van der Waals surface area (Å²) in [6, 6.07) is 9.25. The maximum Gasteiger partial charge on any atom is 0.326 e. The van der Waals surface area contributed by atoms with Crippen molar-refractivity contribution < 1.29 is 29.4 Å². The lowest BCUT2D eigenvalue weighted by atomic mass is 10.0. The number of imidazole rings is 1. The lowest BCUT2D eigenvalue weighted by Gasteiger charge is -2.25. The monoisotopic (exact) mass is 632 g/mol. The predicted molar refractivity (Wildman–Crippen MR) is 170 cm³/mol. The Balaban J connectivity index is 1.55. The Morgan fingerprint density at radius 3 is 2.17 bits per heavy atom. The van der Waals surface area contributed by atoms with Gasteiger partial charge in [0.15, 0.2) is 0 Å². The number of aromatic nitrogens is 3. The van der Waals surface area contributed by atoms with Crippen molar-refractivity contribution in [1.82, 2.24) is 30.9 Å². The van der Waals surface area contributed by atoms with Crippen LogP contribution < -0.4 is 27.4 Å². The summed E-state index contributed by atoms with van der Waals surface area (Å²) in [5, 5.41) is 28.1. The molecule has 2 heterocycles. The van der Waals surface area contributed by atoms with Gasteiger partial charge in [0, 0.05) is 41.8 Å². The zero-order valence-corrected chi connectivity index (χ0v) is 25.2. The summed E-state index contributed by atoms with van der Waals surface area (Å²) in [4.78, 5) is 62.6. The first kappa shape index (κ1) is 33.7. The fourth-order valence-electron chi connectivity index (χ4n) is 5.11. The number of phenols is 1. The minimum absolute atomic E-state index is 0.0131. The average molecular weight is 633 g/mol. The van der Waals surface area contributed by atoms with Gasteiger partial charge in [0.05, 0.1) is 12.4 Å². The van der Waals surface area contributed by atoms with Gasteiger partial charge in [-0.3, -0.25) is 14.4 Å². The molecule has 3 amide bonds. The Kier molecular flexibility index (Phi) is 11.9. The standard InChI is InChI=1S/C32H40N8O6/c33-12-4-3-7-26(32(45)46)38-31(44)28(15-21-17-35-18-37-21)40-30(43)27(14-20-16-36-25-6-2-1-5-23(20)25)39-29(42)24(34)13-19-8-10-22(41)11-9-19/h1-2,5-6,8-11,16-18,24,26-28,36,41H,3-4,7,12-15,33-34H2,(H,35,37)(H,38,44)(H,39,42)(H,40,43)(H,45,46). The Morgan fingerprint density at radius 1 is 0.826 bits per heavy atom. The highest BCUT2D eigenvalue weighted by Crippen LogP contribution is 2.20. The van der Waals surface area contributed by atoms with Crippen molar-refractivity contribution in [3.63, 3.8) is 0 Å². The number of benzene rings is 2. The molecule has 0 aliphatic heterocycles. The molecule has 0 spiro atoms. The number of fused-ring (bicyclic) bond motifs is 1. The van der Waals surface area contributed by atoms with Crippen LogP contribution in [-0.2, 0) is 38.4 Å². The molecule has 0 saturated heterocycles. The SMILES string of the molecule is NCCCCC(NC(=O)C(Cc1cnc[nH]1)NC(=O)C(Cc1c[nH]c2ccccc12)NC(=O)C(N)Cc1ccc(O)cc1)C(=O)O. The summed E-state index contributed by atoms with van der Waals surface area (Å²) >= 11 is 0. The third-order valence-electron chi connectivity index (χ3n) is 7.63. The van der Waals surface area contributed by atoms with E-state index < -0.39 is 47.9 Å². The van der Waals surface area contributed by atoms with Crippen LogP contribution in [0, 0.1) is 0 Å². The summed E-state index contributed by atoms with van der Waals surface area (Å²) < 4.78 is 0. The van der Waals surface area contributed by atoms with Gasteiger partial charge in [-0.1, -0.05) is 30.3 Å². The summed E-state index contributed by atoms with van der Waals surface area (Å²) in [5.74, 6) is -3.08. The molecule has 14 nitrogen and oxygen atoms in total. The first-order valence-corrected chi connectivity index (χ1v) is 15.0. The fraction of sp³-hybridized carbons (Fsp3) is 0.344. The van der Waals surface area contributed by atoms with E-state index in [4.69, 9.17) is 11.5 Å². The lowest BCUT2D eigenvalue weighted by Crippen LogP contribution is -2.58. The van der Waals surface area contributed by atoms with Gasteiger partial charge in [-0.2, -0.15) is 0 Å². The number of nitrogens with two attached hydrogens (primary N) is 2. The number of hydrogen-bond donors (Lipinski definition) is 9. The highest BCUT2D eigenvalue weighted by molar-refractivity contribution is 5.95. The highest BCUT2D eigenvalue weighted by Gasteiger charge is 2.31. The number of hydrogen-bond acceptors (Lipinski definition) is 8. The number of para-hydroxylation sites is 1. The summed E-state index contributed by atoms with van der Waals surface area (Å²) in [6.45, 7) is 0.390. The number of amides is 3. The first-order valence-electron chi connectivity index (χ1n) is 15.0. The van der Waals surface area contributed by atoms with Gasteiger partial charge in [0.2, 0.25) is 17.7 Å². The van der Waals surface area contributed by atoms with Crippen LogP contribution in [0.15, 0.2) is 67.3 Å². The summed E-state index contributed by atoms with van der Waals surface area (Å²) in [7, 11) is 0. The van der Waals surface area contributed by atoms with Crippen LogP contribution in [0.1, 0.15) is 36.1 Å². The van der Waals surface area contributed by atoms with E-state index in [9.17, 15) is 29.4 Å². The van der Waals surface area contributed by atoms with E-state index in [1.165, 1.54) is 24.7 Å². The zero-order valence-electron chi connectivity index (χ0n) is 25.2. The molecule has 4 aromatic rings. The first-order chi connectivity index (χ1) is 22.1. The molecule has 0 fully saturated rings. The number of H-pyrrole nitrogens is 2. The third kappa shape index (κ3) is 9.39. The van der Waals surface area contributed by atoms with Gasteiger partial charge in [-0.25, -0.2) is 9.78 Å². The number of carbonyl (C=O) groups excluding carboxylic acids is 3. The number of carboxylic acids is 1. The number of phenolic OH excluding ortho intramolecular Hbond substituents is 1. The molecule has 2 aromatic carbocycles. The summed E-state index contributed by atoms with van der Waals surface area (Å²) in [5.41, 5.74) is 14.6. The van der Waals surface area contributed by atoms with E-state index in [0.717, 1.165) is 16.5 Å². The topological polar surface area (TPSA) is 241 Å². The van der Waals surface area contributed by atoms with Crippen LogP contribution in [0.4, 0.5) is 0 Å². The van der Waals surface area contributed by atoms with E-state index in [2.05, 4.69) is 30.9 Å². The van der Waals surface area contributed by atoms with Gasteiger partial charge < -0.3 is 47.6 Å². The van der Waals surface area contributed by atoms with Gasteiger partial charge in [-0.05, 0) is 61.6 Å². The molecule has 0 aliphatic rings. The highest BCUT2D eigenvalue weighted by atomic mass is 16.4. The van der Waals surface area contributed by atoms with E-state index >= 15 is 0 Å². The molecule has 0 radical (unpaired) electrons. The molecule has 0 saturated carbocycles. The normalized spacial score (nSPS) is 13.8. The van der Waals surface area contributed by atoms with E-state index in [1.807, 2.05) is 24.3 Å². The van der Waals surface area contributed by atoms with Crippen molar-refractivity contribution >= 4 is 34.6 Å². The van der Waals surface area contributed by atoms with Crippen molar-refractivity contribution in [3.8, 4) is 5.75 Å². The van der Waals surface area contributed by atoms with Gasteiger partial charge in [-0.15, -0.1) is 0 Å². The summed E-state index contributed by atoms with van der Waals surface area (Å²) in [6.07, 6.45) is 6.14. The largest absolute Gasteiger partial charge is 0.508 e. The predicted octanol–water partition coefficient (Wildman–Crippen LogP) is 0.620. The third-order valence-corrected chi connectivity index (χ3v) is 7.63. The van der Waals surface area contributed by atoms with E-state index in [-0.39, 0.29) is 31.4 Å². The number of aromatic hydroxyl groups is 1. The fourth-order valence-corrected chi connectivity index (χ4v) is 5.11. The maximum atomic E-state index is 13.9. The average Bonchev–Trinajstić information content (AvgIpc) is 3.71. The maximum absolute atomic E-state index is 13.9. The smallest absolute Gasteiger partial charge is 0.326 e. The Morgan fingerprint density at radius 2 is 1.50 bits per heavy atom. The Bertz CT molecular complexity index is 1600. The Labute approximate surface area is 265 Å². The minimum Gasteiger partial charge on any atom is -0.508 e. The van der Waals surface area contributed by atoms with E-state index in [1.54, 1.807) is 18.3 Å².